The number of anilines is 1. The lowest BCUT2D eigenvalue weighted by Gasteiger charge is -2.04. The van der Waals surface area contributed by atoms with Crippen LogP contribution >= 0.6 is 0 Å². The van der Waals surface area contributed by atoms with E-state index in [9.17, 15) is 8.42 Å². The molecule has 0 atom stereocenters. The first-order valence-corrected chi connectivity index (χ1v) is 7.78. The molecule has 0 aliphatic carbocycles. The summed E-state index contributed by atoms with van der Waals surface area (Å²) < 4.78 is 29.0. The summed E-state index contributed by atoms with van der Waals surface area (Å²) >= 11 is 0. The van der Waals surface area contributed by atoms with E-state index in [1.54, 1.807) is 42.3 Å². The van der Waals surface area contributed by atoms with Crippen molar-refractivity contribution in [3.05, 3.63) is 42.4 Å². The van der Waals surface area contributed by atoms with E-state index >= 15 is 0 Å². The number of aromatic amines is 1. The molecule has 3 aromatic rings. The van der Waals surface area contributed by atoms with Gasteiger partial charge in [-0.25, -0.2) is 13.1 Å². The van der Waals surface area contributed by atoms with Crippen LogP contribution in [0, 0.1) is 0 Å². The number of hydrogen-bond donors (Lipinski definition) is 3. The van der Waals surface area contributed by atoms with Crippen LogP contribution in [0.2, 0.25) is 0 Å². The summed E-state index contributed by atoms with van der Waals surface area (Å²) in [6.07, 6.45) is 4.85. The average Bonchev–Trinajstić information content (AvgIpc) is 3.02. The van der Waals surface area contributed by atoms with Gasteiger partial charge in [0.2, 0.25) is 10.0 Å². The average molecular weight is 305 g/mol. The molecule has 0 aliphatic rings. The van der Waals surface area contributed by atoms with Crippen LogP contribution in [-0.4, -0.2) is 23.2 Å². The van der Waals surface area contributed by atoms with Crippen LogP contribution in [-0.2, 0) is 23.6 Å². The van der Waals surface area contributed by atoms with Gasteiger partial charge in [0.05, 0.1) is 6.20 Å². The van der Waals surface area contributed by atoms with Gasteiger partial charge in [-0.05, 0) is 18.2 Å². The second-order valence-electron chi connectivity index (χ2n) is 4.80. The lowest BCUT2D eigenvalue weighted by atomic mass is 10.2. The molecular formula is C13H15N5O2S. The Morgan fingerprint density at radius 1 is 1.43 bits per heavy atom. The van der Waals surface area contributed by atoms with Crippen LogP contribution in [0.15, 0.2) is 41.7 Å². The molecule has 8 heteroatoms. The molecular weight excluding hydrogens is 290 g/mol. The van der Waals surface area contributed by atoms with Crippen LogP contribution in [0.25, 0.3) is 10.9 Å². The maximum Gasteiger partial charge on any atom is 0.242 e. The molecule has 2 heterocycles. The molecule has 0 saturated carbocycles. The lowest BCUT2D eigenvalue weighted by molar-refractivity contribution is 0.582. The molecule has 110 valence electrons. The first-order valence-electron chi connectivity index (χ1n) is 6.29. The van der Waals surface area contributed by atoms with Gasteiger partial charge in [-0.2, -0.15) is 5.10 Å². The number of nitrogens with zero attached hydrogens (tertiary/aromatic N) is 2. The number of benzene rings is 1. The predicted octanol–water partition coefficient (Wildman–Crippen LogP) is 0.962. The summed E-state index contributed by atoms with van der Waals surface area (Å²) in [5.41, 5.74) is 7.75. The molecule has 3 rings (SSSR count). The number of rotatable bonds is 4. The molecule has 7 nitrogen and oxygen atoms in total. The first kappa shape index (κ1) is 13.7. The predicted molar refractivity (Wildman–Crippen MR) is 79.9 cm³/mol. The van der Waals surface area contributed by atoms with Crippen LogP contribution in [0.4, 0.5) is 5.69 Å². The molecule has 0 unspecified atom stereocenters. The summed E-state index contributed by atoms with van der Waals surface area (Å²) in [5, 5.41) is 4.62. The zero-order valence-electron chi connectivity index (χ0n) is 11.4. The van der Waals surface area contributed by atoms with Gasteiger partial charge < -0.3 is 10.7 Å². The summed E-state index contributed by atoms with van der Waals surface area (Å²) in [5.74, 6) is 0. The number of aromatic nitrogens is 3. The largest absolute Gasteiger partial charge is 0.399 e. The zero-order chi connectivity index (χ0) is 15.0. The van der Waals surface area contributed by atoms with Crippen molar-refractivity contribution in [2.45, 2.75) is 11.4 Å². The monoisotopic (exact) mass is 305 g/mol. The number of nitrogens with one attached hydrogen (secondary N) is 2. The molecule has 1 aromatic carbocycles. The van der Waals surface area contributed by atoms with E-state index in [-0.39, 0.29) is 11.4 Å². The van der Waals surface area contributed by atoms with Crippen molar-refractivity contribution in [3.63, 3.8) is 0 Å². The number of aryl methyl sites for hydroxylation is 1. The SMILES string of the molecule is Cn1cc(CNS(=O)(=O)c2c[nH]c3cc(N)ccc23)cn1. The van der Waals surface area contributed by atoms with Gasteiger partial charge >= 0.3 is 0 Å². The fourth-order valence-corrected chi connectivity index (χ4v) is 3.35. The van der Waals surface area contributed by atoms with Gasteiger partial charge in [-0.15, -0.1) is 0 Å². The summed E-state index contributed by atoms with van der Waals surface area (Å²) in [6, 6.07) is 5.07. The Balaban J connectivity index is 1.89. The number of H-pyrrole nitrogens is 1. The van der Waals surface area contributed by atoms with E-state index in [1.807, 2.05) is 0 Å². The quantitative estimate of drug-likeness (QED) is 0.624. The zero-order valence-corrected chi connectivity index (χ0v) is 12.2. The van der Waals surface area contributed by atoms with Gasteiger partial charge in [0, 0.05) is 48.1 Å². The van der Waals surface area contributed by atoms with Crippen molar-refractivity contribution in [1.82, 2.24) is 19.5 Å². The van der Waals surface area contributed by atoms with E-state index in [1.165, 1.54) is 6.20 Å². The van der Waals surface area contributed by atoms with Gasteiger partial charge in [0.1, 0.15) is 4.90 Å². The van der Waals surface area contributed by atoms with Crippen molar-refractivity contribution in [1.29, 1.82) is 0 Å². The Morgan fingerprint density at radius 3 is 2.95 bits per heavy atom. The Bertz CT molecular complexity index is 894. The molecule has 0 radical (unpaired) electrons. The fraction of sp³-hybridized carbons (Fsp3) is 0.154. The normalized spacial score (nSPS) is 12.0. The lowest BCUT2D eigenvalue weighted by Crippen LogP contribution is -2.22. The first-order chi connectivity index (χ1) is 9.95. The number of nitrogen functional groups attached to an aromatic ring is 1. The Kier molecular flexibility index (Phi) is 3.19. The van der Waals surface area contributed by atoms with Crippen LogP contribution in [0.3, 0.4) is 0 Å². The van der Waals surface area contributed by atoms with E-state index < -0.39 is 10.0 Å². The third-order valence-corrected chi connectivity index (χ3v) is 4.62. The highest BCUT2D eigenvalue weighted by Crippen LogP contribution is 2.24. The van der Waals surface area contributed by atoms with Crippen molar-refractivity contribution in [2.75, 3.05) is 5.73 Å². The number of nitrogens with two attached hydrogens (primary N) is 1. The molecule has 0 saturated heterocycles. The van der Waals surface area contributed by atoms with Crippen molar-refractivity contribution >= 4 is 26.6 Å². The Morgan fingerprint density at radius 2 is 2.24 bits per heavy atom. The summed E-state index contributed by atoms with van der Waals surface area (Å²) in [4.78, 5) is 3.13. The maximum absolute atomic E-state index is 12.4. The second kappa shape index (κ2) is 4.90. The molecule has 21 heavy (non-hydrogen) atoms. The highest BCUT2D eigenvalue weighted by atomic mass is 32.2. The standard InChI is InChI=1S/C13H15N5O2S/c1-18-8-9(5-16-18)6-17-21(19,20)13-7-15-12-4-10(14)2-3-11(12)13/h2-5,7-8,15,17H,6,14H2,1H3. The van der Waals surface area contributed by atoms with E-state index in [2.05, 4.69) is 14.8 Å². The van der Waals surface area contributed by atoms with E-state index in [4.69, 9.17) is 5.73 Å². The summed E-state index contributed by atoms with van der Waals surface area (Å²) in [6.45, 7) is 0.192. The molecule has 4 N–H and O–H groups in total. The molecule has 0 spiro atoms. The van der Waals surface area contributed by atoms with Crippen LogP contribution in [0.1, 0.15) is 5.56 Å². The fourth-order valence-electron chi connectivity index (χ4n) is 2.16. The number of fused-ring (bicyclic) bond motifs is 1. The molecule has 0 fully saturated rings. The van der Waals surface area contributed by atoms with E-state index in [0.717, 1.165) is 5.56 Å². The van der Waals surface area contributed by atoms with Gasteiger partial charge in [-0.3, -0.25) is 4.68 Å². The second-order valence-corrected chi connectivity index (χ2v) is 6.54. The molecule has 2 aromatic heterocycles. The molecule has 0 aliphatic heterocycles. The van der Waals surface area contributed by atoms with Crippen LogP contribution in [0.5, 0.6) is 0 Å². The summed E-state index contributed by atoms with van der Waals surface area (Å²) in [7, 11) is -1.82. The highest BCUT2D eigenvalue weighted by molar-refractivity contribution is 7.89. The van der Waals surface area contributed by atoms with Gasteiger partial charge in [0.15, 0.2) is 0 Å². The number of hydrogen-bond acceptors (Lipinski definition) is 4. The molecule has 0 bridgehead atoms. The van der Waals surface area contributed by atoms with Gasteiger partial charge in [-0.1, -0.05) is 0 Å². The van der Waals surface area contributed by atoms with Crippen LogP contribution < -0.4 is 10.5 Å². The molecule has 0 amide bonds. The smallest absolute Gasteiger partial charge is 0.242 e. The topological polar surface area (TPSA) is 106 Å². The van der Waals surface area contributed by atoms with Crippen molar-refractivity contribution in [2.24, 2.45) is 7.05 Å². The van der Waals surface area contributed by atoms with Crippen molar-refractivity contribution < 1.29 is 8.42 Å². The third kappa shape index (κ3) is 2.63. The minimum atomic E-state index is -3.60. The number of sulfonamides is 1. The third-order valence-electron chi connectivity index (χ3n) is 3.18. The van der Waals surface area contributed by atoms with Gasteiger partial charge in [0.25, 0.3) is 0 Å². The minimum absolute atomic E-state index is 0.192. The van der Waals surface area contributed by atoms with Crippen molar-refractivity contribution in [3.8, 4) is 0 Å². The maximum atomic E-state index is 12.4. The Labute approximate surface area is 121 Å². The van der Waals surface area contributed by atoms with E-state index in [0.29, 0.717) is 16.6 Å². The Hall–Kier alpha value is -2.32. The highest BCUT2D eigenvalue weighted by Gasteiger charge is 2.18. The minimum Gasteiger partial charge on any atom is -0.399 e.